The summed E-state index contributed by atoms with van der Waals surface area (Å²) >= 11 is 0. The van der Waals surface area contributed by atoms with Crippen molar-refractivity contribution in [3.63, 3.8) is 0 Å². The molecule has 25 heavy (non-hydrogen) atoms. The van der Waals surface area contributed by atoms with Crippen LogP contribution in [0.1, 0.15) is 32.1 Å². The van der Waals surface area contributed by atoms with Gasteiger partial charge >= 0.3 is 6.09 Å². The normalized spacial score (nSPS) is 15.0. The molecule has 0 unspecified atom stereocenters. The molecule has 0 aromatic heterocycles. The molecule has 5 heteroatoms. The largest absolute Gasteiger partial charge is 0.449 e. The van der Waals surface area contributed by atoms with Crippen molar-refractivity contribution in [2.24, 2.45) is 5.92 Å². The lowest BCUT2D eigenvalue weighted by Gasteiger charge is -2.25. The van der Waals surface area contributed by atoms with E-state index >= 15 is 0 Å². The van der Waals surface area contributed by atoms with Gasteiger partial charge in [-0.2, -0.15) is 0 Å². The third kappa shape index (κ3) is 4.56. The fourth-order valence-corrected chi connectivity index (χ4v) is 3.20. The maximum atomic E-state index is 13.6. The van der Waals surface area contributed by atoms with Crippen LogP contribution in [-0.4, -0.2) is 12.7 Å². The number of carbonyl (C=O) groups excluding carboxylic acids is 1. The number of benzene rings is 2. The molecule has 3 rings (SSSR count). The average molecular weight is 345 g/mol. The van der Waals surface area contributed by atoms with Crippen molar-refractivity contribution in [2.75, 3.05) is 11.5 Å². The summed E-state index contributed by atoms with van der Waals surface area (Å²) < 4.78 is 32.7. The topological polar surface area (TPSA) is 29.5 Å². The van der Waals surface area contributed by atoms with Gasteiger partial charge in [0.05, 0.1) is 18.0 Å². The van der Waals surface area contributed by atoms with Crippen LogP contribution in [0.15, 0.2) is 48.5 Å². The van der Waals surface area contributed by atoms with Gasteiger partial charge in [0.15, 0.2) is 0 Å². The Balaban J connectivity index is 1.81. The van der Waals surface area contributed by atoms with E-state index in [1.54, 1.807) is 12.1 Å². The van der Waals surface area contributed by atoms with Crippen molar-refractivity contribution in [2.45, 2.75) is 32.1 Å². The number of carbonyl (C=O) groups is 1. The van der Waals surface area contributed by atoms with E-state index in [9.17, 15) is 13.6 Å². The third-order valence-corrected chi connectivity index (χ3v) is 4.48. The van der Waals surface area contributed by atoms with Crippen LogP contribution in [0.4, 0.5) is 25.0 Å². The Hall–Kier alpha value is -2.43. The van der Waals surface area contributed by atoms with E-state index in [0.717, 1.165) is 25.7 Å². The lowest BCUT2D eigenvalue weighted by molar-refractivity contribution is 0.124. The number of hydrogen-bond acceptors (Lipinski definition) is 2. The first-order valence-electron chi connectivity index (χ1n) is 8.61. The van der Waals surface area contributed by atoms with Crippen LogP contribution in [0.5, 0.6) is 0 Å². The average Bonchev–Trinajstić information content (AvgIpc) is 2.61. The Labute approximate surface area is 146 Å². The number of nitrogens with zero attached hydrogens (tertiary/aromatic N) is 1. The van der Waals surface area contributed by atoms with Gasteiger partial charge in [0.2, 0.25) is 0 Å². The van der Waals surface area contributed by atoms with Crippen molar-refractivity contribution in [3.8, 4) is 0 Å². The molecule has 132 valence electrons. The van der Waals surface area contributed by atoms with Crippen molar-refractivity contribution < 1.29 is 18.3 Å². The Morgan fingerprint density at radius 3 is 2.04 bits per heavy atom. The molecule has 0 bridgehead atoms. The highest BCUT2D eigenvalue weighted by Gasteiger charge is 2.23. The van der Waals surface area contributed by atoms with E-state index in [0.29, 0.717) is 23.9 Å². The van der Waals surface area contributed by atoms with E-state index in [-0.39, 0.29) is 0 Å². The van der Waals surface area contributed by atoms with Crippen LogP contribution in [0.25, 0.3) is 0 Å². The second-order valence-corrected chi connectivity index (χ2v) is 6.38. The molecule has 0 aliphatic heterocycles. The molecule has 0 spiro atoms. The summed E-state index contributed by atoms with van der Waals surface area (Å²) in [6.45, 7) is 0.333. The zero-order chi connectivity index (χ0) is 17.6. The fraction of sp³-hybridized carbons (Fsp3) is 0.350. The number of rotatable bonds is 4. The molecule has 3 nitrogen and oxygen atoms in total. The molecule has 0 radical (unpaired) electrons. The Morgan fingerprint density at radius 1 is 0.960 bits per heavy atom. The molecule has 0 N–H and O–H groups in total. The highest BCUT2D eigenvalue weighted by molar-refractivity contribution is 5.95. The molecule has 1 fully saturated rings. The number of ether oxygens (including phenoxy) is 1. The van der Waals surface area contributed by atoms with Crippen molar-refractivity contribution >= 4 is 17.5 Å². The summed E-state index contributed by atoms with van der Waals surface area (Å²) in [5.74, 6) is -0.586. The maximum absolute atomic E-state index is 13.6. The van der Waals surface area contributed by atoms with Crippen LogP contribution in [0.2, 0.25) is 0 Å². The predicted octanol–water partition coefficient (Wildman–Crippen LogP) is 5.82. The first-order valence-corrected chi connectivity index (χ1v) is 8.61. The summed E-state index contributed by atoms with van der Waals surface area (Å²) in [5.41, 5.74) is 0.610. The van der Waals surface area contributed by atoms with Gasteiger partial charge in [0.25, 0.3) is 0 Å². The van der Waals surface area contributed by atoms with Crippen LogP contribution in [-0.2, 0) is 4.74 Å². The molecule has 1 saturated carbocycles. The lowest BCUT2D eigenvalue weighted by Crippen LogP contribution is -2.29. The standard InChI is InChI=1S/C20H21F2NO2/c21-16-8-4-10-18(12-16)23(19-11-5-9-17(22)13-19)20(24)25-14-15-6-2-1-3-7-15/h4-5,8-13,15H,1-3,6-7,14H2. The predicted molar refractivity (Wildman–Crippen MR) is 92.9 cm³/mol. The molecule has 1 aliphatic rings. The summed E-state index contributed by atoms with van der Waals surface area (Å²) in [5, 5.41) is 0. The highest BCUT2D eigenvalue weighted by Crippen LogP contribution is 2.29. The molecule has 0 atom stereocenters. The second-order valence-electron chi connectivity index (χ2n) is 6.38. The summed E-state index contributed by atoms with van der Waals surface area (Å²) in [6, 6.07) is 11.2. The minimum atomic E-state index is -0.623. The summed E-state index contributed by atoms with van der Waals surface area (Å²) in [6.07, 6.45) is 5.00. The molecular weight excluding hydrogens is 324 g/mol. The zero-order valence-electron chi connectivity index (χ0n) is 14.0. The SMILES string of the molecule is O=C(OCC1CCCCC1)N(c1cccc(F)c1)c1cccc(F)c1. The van der Waals surface area contributed by atoms with E-state index in [4.69, 9.17) is 4.74 Å². The van der Waals surface area contributed by atoms with Gasteiger partial charge < -0.3 is 4.74 Å². The number of hydrogen-bond donors (Lipinski definition) is 0. The summed E-state index contributed by atoms with van der Waals surface area (Å²) in [4.78, 5) is 13.9. The molecule has 2 aromatic rings. The second kappa shape index (κ2) is 8.10. The minimum absolute atomic E-state index is 0.305. The summed E-state index contributed by atoms with van der Waals surface area (Å²) in [7, 11) is 0. The van der Waals surface area contributed by atoms with Crippen molar-refractivity contribution in [1.82, 2.24) is 0 Å². The Kier molecular flexibility index (Phi) is 5.64. The molecule has 2 aromatic carbocycles. The van der Waals surface area contributed by atoms with Crippen LogP contribution in [0, 0.1) is 17.6 Å². The van der Waals surface area contributed by atoms with Gasteiger partial charge in [-0.05, 0) is 55.2 Å². The quantitative estimate of drug-likeness (QED) is 0.699. The van der Waals surface area contributed by atoms with Crippen LogP contribution in [0.3, 0.4) is 0 Å². The number of amides is 1. The Morgan fingerprint density at radius 2 is 1.52 bits per heavy atom. The zero-order valence-corrected chi connectivity index (χ0v) is 14.0. The first kappa shape index (κ1) is 17.4. The van der Waals surface area contributed by atoms with Gasteiger partial charge in [-0.25, -0.2) is 18.5 Å². The van der Waals surface area contributed by atoms with Crippen LogP contribution >= 0.6 is 0 Å². The fourth-order valence-electron chi connectivity index (χ4n) is 3.20. The monoisotopic (exact) mass is 345 g/mol. The highest BCUT2D eigenvalue weighted by atomic mass is 19.1. The Bertz CT molecular complexity index is 684. The van der Waals surface area contributed by atoms with E-state index in [2.05, 4.69) is 0 Å². The lowest BCUT2D eigenvalue weighted by atomic mass is 9.90. The van der Waals surface area contributed by atoms with Crippen molar-refractivity contribution in [3.05, 3.63) is 60.2 Å². The van der Waals surface area contributed by atoms with Gasteiger partial charge in [-0.3, -0.25) is 0 Å². The van der Waals surface area contributed by atoms with Gasteiger partial charge in [-0.15, -0.1) is 0 Å². The molecule has 0 saturated heterocycles. The smallest absolute Gasteiger partial charge is 0.418 e. The minimum Gasteiger partial charge on any atom is -0.449 e. The number of anilines is 2. The molecule has 0 heterocycles. The van der Waals surface area contributed by atoms with E-state index < -0.39 is 17.7 Å². The number of halogens is 2. The van der Waals surface area contributed by atoms with Crippen molar-refractivity contribution in [1.29, 1.82) is 0 Å². The van der Waals surface area contributed by atoms with Gasteiger partial charge in [-0.1, -0.05) is 31.4 Å². The van der Waals surface area contributed by atoms with E-state index in [1.807, 2.05) is 0 Å². The maximum Gasteiger partial charge on any atom is 0.418 e. The van der Waals surface area contributed by atoms with Crippen LogP contribution < -0.4 is 4.90 Å². The molecule has 1 aliphatic carbocycles. The molecule has 1 amide bonds. The third-order valence-electron chi connectivity index (χ3n) is 4.48. The van der Waals surface area contributed by atoms with E-state index in [1.165, 1.54) is 47.7 Å². The van der Waals surface area contributed by atoms with Gasteiger partial charge in [0.1, 0.15) is 11.6 Å². The van der Waals surface area contributed by atoms with Gasteiger partial charge in [0, 0.05) is 0 Å². The first-order chi connectivity index (χ1) is 12.1. The molecular formula is C20H21F2NO2.